The number of nitrogens with one attached hydrogen (secondary N) is 1. The van der Waals surface area contributed by atoms with Crippen LogP contribution in [0.1, 0.15) is 13.3 Å². The second-order valence-corrected chi connectivity index (χ2v) is 4.61. The van der Waals surface area contributed by atoms with Gasteiger partial charge in [-0.15, -0.1) is 0 Å². The van der Waals surface area contributed by atoms with Crippen molar-refractivity contribution in [3.05, 3.63) is 48.8 Å². The Bertz CT molecular complexity index is 784. The Morgan fingerprint density at radius 3 is 2.86 bits per heavy atom. The summed E-state index contributed by atoms with van der Waals surface area (Å²) < 4.78 is 5.32. The van der Waals surface area contributed by atoms with Crippen LogP contribution in [0.25, 0.3) is 22.8 Å². The quantitative estimate of drug-likeness (QED) is 0.799. The molecule has 0 saturated carbocycles. The van der Waals surface area contributed by atoms with Gasteiger partial charge in [0.2, 0.25) is 11.7 Å². The molecule has 1 aromatic carbocycles. The molecule has 1 amide bonds. The van der Waals surface area contributed by atoms with Crippen LogP contribution < -0.4 is 5.32 Å². The number of benzene rings is 1. The van der Waals surface area contributed by atoms with E-state index in [1.165, 1.54) is 0 Å². The van der Waals surface area contributed by atoms with Crippen molar-refractivity contribution in [2.24, 2.45) is 0 Å². The number of carbonyl (C=O) groups excluding carboxylic acids is 1. The van der Waals surface area contributed by atoms with Crippen molar-refractivity contribution in [2.45, 2.75) is 13.3 Å². The van der Waals surface area contributed by atoms with Gasteiger partial charge in [-0.1, -0.05) is 24.2 Å². The van der Waals surface area contributed by atoms with Crippen LogP contribution in [0, 0.1) is 0 Å². The standard InChI is InChI=1S/C16H14N4O2/c1-2-14(21)18-13-8-4-3-7-12(13)16-19-15(20-22-16)11-6-5-9-17-10-11/h3-10H,2H2,1H3,(H,18,21). The van der Waals surface area contributed by atoms with Crippen LogP contribution in [0.3, 0.4) is 0 Å². The van der Waals surface area contributed by atoms with E-state index >= 15 is 0 Å². The summed E-state index contributed by atoms with van der Waals surface area (Å²) in [7, 11) is 0. The van der Waals surface area contributed by atoms with E-state index in [1.54, 1.807) is 31.5 Å². The van der Waals surface area contributed by atoms with Crippen molar-refractivity contribution in [1.29, 1.82) is 0 Å². The van der Waals surface area contributed by atoms with E-state index in [1.807, 2.05) is 24.3 Å². The average Bonchev–Trinajstić information content (AvgIpc) is 3.06. The third kappa shape index (κ3) is 2.85. The fraction of sp³-hybridized carbons (Fsp3) is 0.125. The van der Waals surface area contributed by atoms with Crippen molar-refractivity contribution < 1.29 is 9.32 Å². The molecular weight excluding hydrogens is 280 g/mol. The number of para-hydroxylation sites is 1. The highest BCUT2D eigenvalue weighted by atomic mass is 16.5. The molecule has 0 spiro atoms. The summed E-state index contributed by atoms with van der Waals surface area (Å²) in [5.74, 6) is 0.741. The SMILES string of the molecule is CCC(=O)Nc1ccccc1-c1nc(-c2cccnc2)no1. The number of anilines is 1. The molecule has 0 saturated heterocycles. The molecule has 0 aliphatic heterocycles. The molecule has 0 fully saturated rings. The number of rotatable bonds is 4. The van der Waals surface area contributed by atoms with Crippen molar-refractivity contribution in [3.63, 3.8) is 0 Å². The lowest BCUT2D eigenvalue weighted by atomic mass is 10.1. The number of amides is 1. The largest absolute Gasteiger partial charge is 0.334 e. The Labute approximate surface area is 127 Å². The van der Waals surface area contributed by atoms with E-state index < -0.39 is 0 Å². The fourth-order valence-electron chi connectivity index (χ4n) is 1.96. The minimum Gasteiger partial charge on any atom is -0.334 e. The van der Waals surface area contributed by atoms with E-state index in [9.17, 15) is 4.79 Å². The summed E-state index contributed by atoms with van der Waals surface area (Å²) >= 11 is 0. The summed E-state index contributed by atoms with van der Waals surface area (Å²) in [6, 6.07) is 11.0. The molecule has 0 unspecified atom stereocenters. The summed E-state index contributed by atoms with van der Waals surface area (Å²) in [6.07, 6.45) is 3.75. The van der Waals surface area contributed by atoms with Crippen LogP contribution in [0.4, 0.5) is 5.69 Å². The number of hydrogen-bond donors (Lipinski definition) is 1. The van der Waals surface area contributed by atoms with Crippen LogP contribution in [-0.2, 0) is 4.79 Å². The first-order valence-corrected chi connectivity index (χ1v) is 6.91. The van der Waals surface area contributed by atoms with Crippen molar-refractivity contribution in [2.75, 3.05) is 5.32 Å². The molecule has 3 aromatic rings. The highest BCUT2D eigenvalue weighted by Gasteiger charge is 2.14. The molecule has 1 N–H and O–H groups in total. The minimum atomic E-state index is -0.0700. The molecule has 0 aliphatic carbocycles. The second kappa shape index (κ2) is 6.17. The minimum absolute atomic E-state index is 0.0700. The third-order valence-corrected chi connectivity index (χ3v) is 3.10. The molecule has 6 heteroatoms. The number of nitrogens with zero attached hydrogens (tertiary/aromatic N) is 3. The molecular formula is C16H14N4O2. The predicted molar refractivity (Wildman–Crippen MR) is 81.9 cm³/mol. The Morgan fingerprint density at radius 1 is 1.23 bits per heavy atom. The first kappa shape index (κ1) is 13.9. The van der Waals surface area contributed by atoms with Crippen LogP contribution >= 0.6 is 0 Å². The molecule has 2 heterocycles. The number of hydrogen-bond acceptors (Lipinski definition) is 5. The molecule has 0 bridgehead atoms. The second-order valence-electron chi connectivity index (χ2n) is 4.61. The lowest BCUT2D eigenvalue weighted by Crippen LogP contribution is -2.10. The van der Waals surface area contributed by atoms with Crippen LogP contribution in [0.2, 0.25) is 0 Å². The highest BCUT2D eigenvalue weighted by molar-refractivity contribution is 5.94. The molecule has 22 heavy (non-hydrogen) atoms. The van der Waals surface area contributed by atoms with Crippen molar-refractivity contribution in [3.8, 4) is 22.8 Å². The van der Waals surface area contributed by atoms with E-state index in [4.69, 9.17) is 4.52 Å². The first-order valence-electron chi connectivity index (χ1n) is 6.91. The Kier molecular flexibility index (Phi) is 3.91. The van der Waals surface area contributed by atoms with Gasteiger partial charge in [-0.2, -0.15) is 4.98 Å². The molecule has 6 nitrogen and oxygen atoms in total. The van der Waals surface area contributed by atoms with Gasteiger partial charge in [-0.3, -0.25) is 9.78 Å². The van der Waals surface area contributed by atoms with Crippen molar-refractivity contribution >= 4 is 11.6 Å². The van der Waals surface area contributed by atoms with E-state index in [0.29, 0.717) is 29.4 Å². The Balaban J connectivity index is 1.95. The van der Waals surface area contributed by atoms with Crippen LogP contribution in [0.5, 0.6) is 0 Å². The predicted octanol–water partition coefficient (Wildman–Crippen LogP) is 3.15. The summed E-state index contributed by atoms with van der Waals surface area (Å²) in [5.41, 5.74) is 2.11. The molecule has 3 rings (SSSR count). The van der Waals surface area contributed by atoms with E-state index in [-0.39, 0.29) is 5.91 Å². The zero-order valence-electron chi connectivity index (χ0n) is 12.0. The van der Waals surface area contributed by atoms with Gasteiger partial charge in [-0.05, 0) is 24.3 Å². The zero-order chi connectivity index (χ0) is 15.4. The van der Waals surface area contributed by atoms with Crippen LogP contribution in [0.15, 0.2) is 53.3 Å². The highest BCUT2D eigenvalue weighted by Crippen LogP contribution is 2.28. The number of pyridine rings is 1. The Hall–Kier alpha value is -3.02. The normalized spacial score (nSPS) is 10.4. The summed E-state index contributed by atoms with van der Waals surface area (Å²) in [4.78, 5) is 20.0. The average molecular weight is 294 g/mol. The maximum Gasteiger partial charge on any atom is 0.260 e. The summed E-state index contributed by atoms with van der Waals surface area (Å²) in [5, 5.41) is 6.79. The Morgan fingerprint density at radius 2 is 2.09 bits per heavy atom. The van der Waals surface area contributed by atoms with Crippen molar-refractivity contribution in [1.82, 2.24) is 15.1 Å². The van der Waals surface area contributed by atoms with Gasteiger partial charge >= 0.3 is 0 Å². The molecule has 0 radical (unpaired) electrons. The smallest absolute Gasteiger partial charge is 0.260 e. The van der Waals surface area contributed by atoms with E-state index in [2.05, 4.69) is 20.4 Å². The van der Waals surface area contributed by atoms with Gasteiger partial charge in [0.25, 0.3) is 5.89 Å². The van der Waals surface area contributed by atoms with Gasteiger partial charge in [0.15, 0.2) is 0 Å². The van der Waals surface area contributed by atoms with E-state index in [0.717, 1.165) is 5.56 Å². The number of aromatic nitrogens is 3. The fourth-order valence-corrected chi connectivity index (χ4v) is 1.96. The van der Waals surface area contributed by atoms with Gasteiger partial charge in [0.05, 0.1) is 11.3 Å². The topological polar surface area (TPSA) is 80.9 Å². The molecule has 110 valence electrons. The number of carbonyl (C=O) groups is 1. The van der Waals surface area contributed by atoms with Gasteiger partial charge in [0, 0.05) is 24.4 Å². The van der Waals surface area contributed by atoms with Gasteiger partial charge in [0.1, 0.15) is 0 Å². The first-order chi connectivity index (χ1) is 10.8. The molecule has 0 atom stereocenters. The zero-order valence-corrected chi connectivity index (χ0v) is 12.0. The van der Waals surface area contributed by atoms with Crippen LogP contribution in [-0.4, -0.2) is 21.0 Å². The summed E-state index contributed by atoms with van der Waals surface area (Å²) in [6.45, 7) is 1.80. The maximum absolute atomic E-state index is 11.6. The van der Waals surface area contributed by atoms with Gasteiger partial charge in [-0.25, -0.2) is 0 Å². The third-order valence-electron chi connectivity index (χ3n) is 3.10. The lowest BCUT2D eigenvalue weighted by molar-refractivity contribution is -0.115. The molecule has 0 aliphatic rings. The molecule has 2 aromatic heterocycles. The maximum atomic E-state index is 11.6. The monoisotopic (exact) mass is 294 g/mol. The lowest BCUT2D eigenvalue weighted by Gasteiger charge is -2.06. The van der Waals surface area contributed by atoms with Gasteiger partial charge < -0.3 is 9.84 Å².